The number of amides is 1. The second kappa shape index (κ2) is 10.4. The van der Waals surface area contributed by atoms with Crippen LogP contribution in [0.15, 0.2) is 36.4 Å². The number of nitrogens with one attached hydrogen (secondary N) is 1. The standard InChI is InChI=1S/C22H30N2O6S/c1-15-8-7-9-19(16(15)2)30-13-12-23-22(25)17(3)24(31(6,26)27)18-10-11-20(28-4)21(14-18)29-5/h7-11,14,17H,12-13H2,1-6H3,(H,23,25). The molecule has 0 aromatic heterocycles. The Morgan fingerprint density at radius 3 is 2.35 bits per heavy atom. The molecule has 170 valence electrons. The summed E-state index contributed by atoms with van der Waals surface area (Å²) >= 11 is 0. The molecule has 2 aromatic carbocycles. The van der Waals surface area contributed by atoms with Gasteiger partial charge in [0.1, 0.15) is 18.4 Å². The maximum atomic E-state index is 12.7. The number of ether oxygens (including phenoxy) is 3. The van der Waals surface area contributed by atoms with Gasteiger partial charge in [0.15, 0.2) is 11.5 Å². The van der Waals surface area contributed by atoms with E-state index >= 15 is 0 Å². The van der Waals surface area contributed by atoms with E-state index in [1.165, 1.54) is 27.2 Å². The molecule has 0 spiro atoms. The number of hydrogen-bond donors (Lipinski definition) is 1. The molecule has 31 heavy (non-hydrogen) atoms. The maximum absolute atomic E-state index is 12.7. The Hall–Kier alpha value is -2.94. The molecule has 2 rings (SSSR count). The van der Waals surface area contributed by atoms with Gasteiger partial charge in [0, 0.05) is 6.07 Å². The van der Waals surface area contributed by atoms with Crippen LogP contribution in [0.2, 0.25) is 0 Å². The van der Waals surface area contributed by atoms with E-state index in [0.717, 1.165) is 27.4 Å². The fourth-order valence-corrected chi connectivity index (χ4v) is 4.30. The SMILES string of the molecule is COc1ccc(N(C(C)C(=O)NCCOc2cccc(C)c2C)S(C)(=O)=O)cc1OC. The average molecular weight is 451 g/mol. The number of hydrogen-bond acceptors (Lipinski definition) is 6. The maximum Gasteiger partial charge on any atom is 0.243 e. The zero-order chi connectivity index (χ0) is 23.2. The van der Waals surface area contributed by atoms with Crippen molar-refractivity contribution in [1.82, 2.24) is 5.32 Å². The lowest BCUT2D eigenvalue weighted by molar-refractivity contribution is -0.121. The largest absolute Gasteiger partial charge is 0.493 e. The summed E-state index contributed by atoms with van der Waals surface area (Å²) in [6.07, 6.45) is 1.05. The van der Waals surface area contributed by atoms with E-state index in [9.17, 15) is 13.2 Å². The summed E-state index contributed by atoms with van der Waals surface area (Å²) in [6, 6.07) is 9.48. The molecule has 0 saturated heterocycles. The molecule has 0 fully saturated rings. The zero-order valence-corrected chi connectivity index (χ0v) is 19.6. The summed E-state index contributed by atoms with van der Waals surface area (Å²) in [5.74, 6) is 1.14. The minimum atomic E-state index is -3.75. The Bertz CT molecular complexity index is 1020. The molecule has 0 saturated carbocycles. The van der Waals surface area contributed by atoms with Crippen molar-refractivity contribution in [3.8, 4) is 17.2 Å². The summed E-state index contributed by atoms with van der Waals surface area (Å²) < 4.78 is 42.2. The molecule has 1 atom stereocenters. The fraction of sp³-hybridized carbons (Fsp3) is 0.409. The number of benzene rings is 2. The third-order valence-electron chi connectivity index (χ3n) is 4.92. The van der Waals surface area contributed by atoms with Crippen molar-refractivity contribution in [2.75, 3.05) is 37.9 Å². The van der Waals surface area contributed by atoms with Gasteiger partial charge >= 0.3 is 0 Å². The fourth-order valence-electron chi connectivity index (χ4n) is 3.13. The number of nitrogens with zero attached hydrogens (tertiary/aromatic N) is 1. The van der Waals surface area contributed by atoms with Gasteiger partial charge in [-0.2, -0.15) is 0 Å². The highest BCUT2D eigenvalue weighted by molar-refractivity contribution is 7.92. The third-order valence-corrected chi connectivity index (χ3v) is 6.17. The van der Waals surface area contributed by atoms with E-state index in [2.05, 4.69) is 5.32 Å². The minimum absolute atomic E-state index is 0.236. The number of anilines is 1. The molecule has 0 aliphatic heterocycles. The molecule has 8 nitrogen and oxygen atoms in total. The zero-order valence-electron chi connectivity index (χ0n) is 18.8. The van der Waals surface area contributed by atoms with Gasteiger partial charge in [0.25, 0.3) is 0 Å². The molecule has 0 heterocycles. The number of rotatable bonds is 10. The lowest BCUT2D eigenvalue weighted by Crippen LogP contribution is -2.48. The topological polar surface area (TPSA) is 94.2 Å². The summed E-state index contributed by atoms with van der Waals surface area (Å²) in [4.78, 5) is 12.7. The highest BCUT2D eigenvalue weighted by Gasteiger charge is 2.29. The Balaban J connectivity index is 2.09. The number of aryl methyl sites for hydroxylation is 1. The molecule has 0 bridgehead atoms. The Morgan fingerprint density at radius 2 is 1.74 bits per heavy atom. The van der Waals surface area contributed by atoms with Gasteiger partial charge in [-0.15, -0.1) is 0 Å². The quantitative estimate of drug-likeness (QED) is 0.560. The summed E-state index contributed by atoms with van der Waals surface area (Å²) in [6.45, 7) is 5.99. The summed E-state index contributed by atoms with van der Waals surface area (Å²) in [7, 11) is -0.801. The number of sulfonamides is 1. The first kappa shape index (κ1) is 24.3. The van der Waals surface area contributed by atoms with Crippen molar-refractivity contribution in [2.45, 2.75) is 26.8 Å². The van der Waals surface area contributed by atoms with Crippen LogP contribution in [0.3, 0.4) is 0 Å². The first-order valence-corrected chi connectivity index (χ1v) is 11.6. The monoisotopic (exact) mass is 450 g/mol. The number of carbonyl (C=O) groups is 1. The predicted molar refractivity (Wildman–Crippen MR) is 121 cm³/mol. The van der Waals surface area contributed by atoms with Crippen molar-refractivity contribution in [3.05, 3.63) is 47.5 Å². The normalized spacial score (nSPS) is 12.1. The van der Waals surface area contributed by atoms with Gasteiger partial charge in [-0.1, -0.05) is 12.1 Å². The van der Waals surface area contributed by atoms with Crippen molar-refractivity contribution < 1.29 is 27.4 Å². The highest BCUT2D eigenvalue weighted by atomic mass is 32.2. The third kappa shape index (κ3) is 6.04. The first-order valence-electron chi connectivity index (χ1n) is 9.78. The molecule has 0 radical (unpaired) electrons. The van der Waals surface area contributed by atoms with E-state index < -0.39 is 22.0 Å². The Kier molecular flexibility index (Phi) is 8.15. The average Bonchev–Trinajstić information content (AvgIpc) is 2.72. The van der Waals surface area contributed by atoms with E-state index in [1.54, 1.807) is 12.1 Å². The lowest BCUT2D eigenvalue weighted by atomic mass is 10.1. The van der Waals surface area contributed by atoms with Crippen molar-refractivity contribution in [1.29, 1.82) is 0 Å². The van der Waals surface area contributed by atoms with Gasteiger partial charge in [0.2, 0.25) is 15.9 Å². The van der Waals surface area contributed by atoms with Crippen LogP contribution in [0, 0.1) is 13.8 Å². The van der Waals surface area contributed by atoms with Crippen LogP contribution >= 0.6 is 0 Å². The van der Waals surface area contributed by atoms with Crippen LogP contribution in [0.5, 0.6) is 17.2 Å². The second-order valence-electron chi connectivity index (χ2n) is 7.11. The van der Waals surface area contributed by atoms with Crippen LogP contribution in [-0.4, -0.2) is 54.0 Å². The molecule has 9 heteroatoms. The molecule has 0 aliphatic rings. The molecular weight excluding hydrogens is 420 g/mol. The first-order chi connectivity index (χ1) is 14.6. The number of carbonyl (C=O) groups excluding carboxylic acids is 1. The molecular formula is C22H30N2O6S. The van der Waals surface area contributed by atoms with Crippen LogP contribution < -0.4 is 23.8 Å². The van der Waals surface area contributed by atoms with Crippen LogP contribution in [-0.2, 0) is 14.8 Å². The van der Waals surface area contributed by atoms with Crippen molar-refractivity contribution >= 4 is 21.6 Å². The van der Waals surface area contributed by atoms with Gasteiger partial charge in [-0.05, 0) is 50.1 Å². The van der Waals surface area contributed by atoms with E-state index in [-0.39, 0.29) is 13.2 Å². The molecule has 0 aliphatic carbocycles. The summed E-state index contributed by atoms with van der Waals surface area (Å²) in [5.41, 5.74) is 2.46. The highest BCUT2D eigenvalue weighted by Crippen LogP contribution is 2.33. The van der Waals surface area contributed by atoms with E-state index in [0.29, 0.717) is 17.2 Å². The molecule has 1 N–H and O–H groups in total. The van der Waals surface area contributed by atoms with Crippen molar-refractivity contribution in [3.63, 3.8) is 0 Å². The predicted octanol–water partition coefficient (Wildman–Crippen LogP) is 2.67. The van der Waals surface area contributed by atoms with Gasteiger partial charge in [0.05, 0.1) is 32.7 Å². The van der Waals surface area contributed by atoms with Gasteiger partial charge in [-0.25, -0.2) is 8.42 Å². The van der Waals surface area contributed by atoms with Crippen LogP contribution in [0.1, 0.15) is 18.1 Å². The van der Waals surface area contributed by atoms with Crippen molar-refractivity contribution in [2.24, 2.45) is 0 Å². The van der Waals surface area contributed by atoms with E-state index in [4.69, 9.17) is 14.2 Å². The van der Waals surface area contributed by atoms with Gasteiger partial charge < -0.3 is 19.5 Å². The molecule has 1 unspecified atom stereocenters. The lowest BCUT2D eigenvalue weighted by Gasteiger charge is -2.28. The van der Waals surface area contributed by atoms with E-state index in [1.807, 2.05) is 32.0 Å². The Labute approximate surface area is 184 Å². The second-order valence-corrected chi connectivity index (χ2v) is 8.97. The van der Waals surface area contributed by atoms with Gasteiger partial charge in [-0.3, -0.25) is 9.10 Å². The Morgan fingerprint density at radius 1 is 1.06 bits per heavy atom. The van der Waals surface area contributed by atoms with Crippen LogP contribution in [0.25, 0.3) is 0 Å². The molecule has 2 aromatic rings. The van der Waals surface area contributed by atoms with Crippen LogP contribution in [0.4, 0.5) is 5.69 Å². The smallest absolute Gasteiger partial charge is 0.243 e. The molecule has 1 amide bonds. The summed E-state index contributed by atoms with van der Waals surface area (Å²) in [5, 5.41) is 2.73. The number of methoxy groups -OCH3 is 2. The minimum Gasteiger partial charge on any atom is -0.493 e.